The molecule has 0 unspecified atom stereocenters. The minimum atomic E-state index is -0.533. The number of nitro groups is 1. The molecule has 0 saturated heterocycles. The number of aryl methyl sites for hydroxylation is 1. The first-order valence-electron chi connectivity index (χ1n) is 3.27. The Balaban J connectivity index is 0.00000144. The predicted octanol–water partition coefficient (Wildman–Crippen LogP) is 1.58. The highest BCUT2D eigenvalue weighted by molar-refractivity contribution is 5.85. The van der Waals surface area contributed by atoms with Crippen molar-refractivity contribution < 1.29 is 9.76 Å². The van der Waals surface area contributed by atoms with Gasteiger partial charge in [0.05, 0.1) is 4.92 Å². The quantitative estimate of drug-likeness (QED) is 0.586. The van der Waals surface area contributed by atoms with Crippen LogP contribution in [0.25, 0.3) is 0 Å². The Morgan fingerprint density at radius 3 is 2.62 bits per heavy atom. The lowest BCUT2D eigenvalue weighted by Gasteiger charge is -1.99. The van der Waals surface area contributed by atoms with Crippen molar-refractivity contribution in [1.82, 2.24) is 0 Å². The lowest BCUT2D eigenvalue weighted by molar-refractivity contribution is -0.386. The van der Waals surface area contributed by atoms with E-state index in [0.29, 0.717) is 0 Å². The van der Waals surface area contributed by atoms with Crippen LogP contribution in [0.1, 0.15) is 5.56 Å². The summed E-state index contributed by atoms with van der Waals surface area (Å²) >= 11 is 0. The van der Waals surface area contributed by atoms with E-state index in [2.05, 4.69) is 4.84 Å². The topological polar surface area (TPSA) is 78.4 Å². The van der Waals surface area contributed by atoms with Crippen LogP contribution in [0.15, 0.2) is 18.2 Å². The Hall–Kier alpha value is -1.33. The minimum Gasteiger partial charge on any atom is -0.404 e. The standard InChI is InChI=1S/C7H8N2O3.ClH/c1-5-2-3-7(12-8)6(4-5)9(10)11;/h2-4H,8H2,1H3;1H. The molecule has 72 valence electrons. The summed E-state index contributed by atoms with van der Waals surface area (Å²) in [6.45, 7) is 1.76. The fourth-order valence-electron chi connectivity index (χ4n) is 0.870. The first kappa shape index (κ1) is 11.7. The van der Waals surface area contributed by atoms with Crippen molar-refractivity contribution in [3.63, 3.8) is 0 Å². The first-order chi connectivity index (χ1) is 5.65. The average molecular weight is 205 g/mol. The molecule has 0 aromatic heterocycles. The van der Waals surface area contributed by atoms with Gasteiger partial charge in [-0.3, -0.25) is 10.1 Å². The lowest BCUT2D eigenvalue weighted by Crippen LogP contribution is -2.04. The van der Waals surface area contributed by atoms with Crippen LogP contribution >= 0.6 is 12.4 Å². The highest BCUT2D eigenvalue weighted by Crippen LogP contribution is 2.26. The van der Waals surface area contributed by atoms with Gasteiger partial charge in [0.25, 0.3) is 0 Å². The van der Waals surface area contributed by atoms with Gasteiger partial charge in [0.2, 0.25) is 5.75 Å². The maximum absolute atomic E-state index is 10.4. The molecule has 13 heavy (non-hydrogen) atoms. The second-order valence-electron chi connectivity index (χ2n) is 2.35. The molecule has 0 spiro atoms. The van der Waals surface area contributed by atoms with E-state index >= 15 is 0 Å². The van der Waals surface area contributed by atoms with Crippen molar-refractivity contribution in [2.24, 2.45) is 5.90 Å². The Kier molecular flexibility index (Phi) is 4.16. The fraction of sp³-hybridized carbons (Fsp3) is 0.143. The van der Waals surface area contributed by atoms with Gasteiger partial charge in [-0.25, -0.2) is 0 Å². The maximum atomic E-state index is 10.4. The molecule has 0 bridgehead atoms. The Labute approximate surface area is 81.0 Å². The van der Waals surface area contributed by atoms with Crippen LogP contribution in [0.3, 0.4) is 0 Å². The highest BCUT2D eigenvalue weighted by Gasteiger charge is 2.13. The third-order valence-corrected chi connectivity index (χ3v) is 1.44. The van der Waals surface area contributed by atoms with Gasteiger partial charge in [-0.2, -0.15) is 5.90 Å². The van der Waals surface area contributed by atoms with Crippen molar-refractivity contribution in [3.8, 4) is 5.75 Å². The Morgan fingerprint density at radius 1 is 1.54 bits per heavy atom. The van der Waals surface area contributed by atoms with Crippen LogP contribution in [0, 0.1) is 17.0 Å². The molecule has 1 aromatic rings. The number of rotatable bonds is 2. The zero-order valence-electron chi connectivity index (χ0n) is 6.89. The van der Waals surface area contributed by atoms with E-state index < -0.39 is 4.92 Å². The monoisotopic (exact) mass is 204 g/mol. The molecule has 0 saturated carbocycles. The summed E-state index contributed by atoms with van der Waals surface area (Å²) in [5.41, 5.74) is 0.681. The number of benzene rings is 1. The molecule has 0 heterocycles. The molecule has 0 aliphatic rings. The molecule has 0 aliphatic carbocycles. The van der Waals surface area contributed by atoms with Crippen molar-refractivity contribution in [1.29, 1.82) is 0 Å². The zero-order chi connectivity index (χ0) is 9.14. The van der Waals surface area contributed by atoms with Crippen molar-refractivity contribution in [3.05, 3.63) is 33.9 Å². The number of nitrogens with zero attached hydrogens (tertiary/aromatic N) is 1. The van der Waals surface area contributed by atoms with Gasteiger partial charge in [0.1, 0.15) is 0 Å². The molecule has 0 atom stereocenters. The van der Waals surface area contributed by atoms with E-state index in [1.807, 2.05) is 0 Å². The Bertz CT molecular complexity index is 317. The molecule has 6 heteroatoms. The van der Waals surface area contributed by atoms with E-state index in [0.717, 1.165) is 5.56 Å². The maximum Gasteiger partial charge on any atom is 0.313 e. The number of hydrogen-bond acceptors (Lipinski definition) is 4. The summed E-state index contributed by atoms with van der Waals surface area (Å²) in [7, 11) is 0. The summed E-state index contributed by atoms with van der Waals surface area (Å²) in [6.07, 6.45) is 0. The van der Waals surface area contributed by atoms with Crippen molar-refractivity contribution >= 4 is 18.1 Å². The van der Waals surface area contributed by atoms with E-state index in [1.165, 1.54) is 12.1 Å². The molecule has 1 aromatic carbocycles. The van der Waals surface area contributed by atoms with Gasteiger partial charge in [-0.15, -0.1) is 12.4 Å². The summed E-state index contributed by atoms with van der Waals surface area (Å²) < 4.78 is 0. The average Bonchev–Trinajstić information content (AvgIpc) is 2.04. The lowest BCUT2D eigenvalue weighted by atomic mass is 10.2. The van der Waals surface area contributed by atoms with Crippen LogP contribution in [0.5, 0.6) is 5.75 Å². The molecule has 5 nitrogen and oxygen atoms in total. The second kappa shape index (κ2) is 4.64. The van der Waals surface area contributed by atoms with Gasteiger partial charge in [0.15, 0.2) is 0 Å². The van der Waals surface area contributed by atoms with Gasteiger partial charge in [-0.05, 0) is 18.6 Å². The van der Waals surface area contributed by atoms with E-state index in [4.69, 9.17) is 5.90 Å². The summed E-state index contributed by atoms with van der Waals surface area (Å²) in [6, 6.07) is 4.56. The fourth-order valence-corrected chi connectivity index (χ4v) is 0.870. The molecule has 0 fully saturated rings. The summed E-state index contributed by atoms with van der Waals surface area (Å²) in [5, 5.41) is 10.4. The van der Waals surface area contributed by atoms with Crippen molar-refractivity contribution in [2.75, 3.05) is 0 Å². The smallest absolute Gasteiger partial charge is 0.313 e. The van der Waals surface area contributed by atoms with Gasteiger partial charge in [0, 0.05) is 6.07 Å². The van der Waals surface area contributed by atoms with Gasteiger partial charge < -0.3 is 4.84 Å². The minimum absolute atomic E-state index is 0. The number of halogens is 1. The molecule has 2 N–H and O–H groups in total. The third-order valence-electron chi connectivity index (χ3n) is 1.44. The van der Waals surface area contributed by atoms with Crippen LogP contribution in [0.4, 0.5) is 5.69 Å². The van der Waals surface area contributed by atoms with E-state index in [9.17, 15) is 10.1 Å². The van der Waals surface area contributed by atoms with Gasteiger partial charge in [-0.1, -0.05) is 6.07 Å². The second-order valence-corrected chi connectivity index (χ2v) is 2.35. The molecule has 1 rings (SSSR count). The Morgan fingerprint density at radius 2 is 2.15 bits per heavy atom. The van der Waals surface area contributed by atoms with Gasteiger partial charge >= 0.3 is 5.69 Å². The third kappa shape index (κ3) is 2.57. The van der Waals surface area contributed by atoms with Crippen LogP contribution in [-0.4, -0.2) is 4.92 Å². The number of hydrogen-bond donors (Lipinski definition) is 1. The zero-order valence-corrected chi connectivity index (χ0v) is 7.71. The van der Waals surface area contributed by atoms with E-state index in [1.54, 1.807) is 13.0 Å². The SMILES string of the molecule is Cc1ccc(ON)c([N+](=O)[O-])c1.Cl. The molecular weight excluding hydrogens is 196 g/mol. The largest absolute Gasteiger partial charge is 0.404 e. The normalized spacial score (nSPS) is 8.77. The number of nitro benzene ring substituents is 1. The highest BCUT2D eigenvalue weighted by atomic mass is 35.5. The predicted molar refractivity (Wildman–Crippen MR) is 49.9 cm³/mol. The molecular formula is C7H9ClN2O3. The molecule has 0 amide bonds. The van der Waals surface area contributed by atoms with E-state index in [-0.39, 0.29) is 23.8 Å². The van der Waals surface area contributed by atoms with Crippen LogP contribution in [-0.2, 0) is 0 Å². The van der Waals surface area contributed by atoms with Crippen LogP contribution in [0.2, 0.25) is 0 Å². The molecule has 0 aliphatic heterocycles. The van der Waals surface area contributed by atoms with Crippen molar-refractivity contribution in [2.45, 2.75) is 6.92 Å². The summed E-state index contributed by atoms with van der Waals surface area (Å²) in [4.78, 5) is 14.2. The molecule has 0 radical (unpaired) electrons. The summed E-state index contributed by atoms with van der Waals surface area (Å²) in [5.74, 6) is 4.91. The van der Waals surface area contributed by atoms with Crippen LogP contribution < -0.4 is 10.7 Å². The first-order valence-corrected chi connectivity index (χ1v) is 3.27. The number of nitrogens with two attached hydrogens (primary N) is 1.